The molecule has 6 nitrogen and oxygen atoms in total. The lowest BCUT2D eigenvalue weighted by Crippen LogP contribution is -2.23. The Kier molecular flexibility index (Phi) is 6.52. The minimum absolute atomic E-state index is 0.123. The van der Waals surface area contributed by atoms with E-state index in [1.54, 1.807) is 37.4 Å². The molecule has 2 aromatic rings. The molecule has 0 radical (unpaired) electrons. The molecule has 2 aromatic carbocycles. The summed E-state index contributed by atoms with van der Waals surface area (Å²) in [5.41, 5.74) is 1.22. The maximum absolute atomic E-state index is 12.6. The molecule has 1 saturated heterocycles. The number of carboxylic acid groups (broad SMARTS) is 1. The lowest BCUT2D eigenvalue weighted by molar-refractivity contribution is -0.121. The van der Waals surface area contributed by atoms with E-state index in [9.17, 15) is 9.59 Å². The Morgan fingerprint density at radius 2 is 1.97 bits per heavy atom. The number of ether oxygens (including phenoxy) is 1. The number of hydrogen-bond acceptors (Lipinski definition) is 5. The van der Waals surface area contributed by atoms with Crippen LogP contribution in [0.2, 0.25) is 10.0 Å². The monoisotopic (exact) mass is 450 g/mol. The summed E-state index contributed by atoms with van der Waals surface area (Å²) in [6.07, 6.45) is 1.67. The summed E-state index contributed by atoms with van der Waals surface area (Å²) in [5, 5.41) is 10.3. The number of thioether (sulfide) groups is 1. The number of carbonyl (C=O) groups is 2. The van der Waals surface area contributed by atoms with Crippen LogP contribution in [-0.2, 0) is 4.79 Å². The van der Waals surface area contributed by atoms with Crippen molar-refractivity contribution in [3.63, 3.8) is 0 Å². The number of benzene rings is 2. The predicted octanol–water partition coefficient (Wildman–Crippen LogP) is 5.32. The highest BCUT2D eigenvalue weighted by atomic mass is 35.5. The van der Waals surface area contributed by atoms with Crippen molar-refractivity contribution >= 4 is 63.8 Å². The summed E-state index contributed by atoms with van der Waals surface area (Å²) >= 11 is 13.6. The highest BCUT2D eigenvalue weighted by Gasteiger charge is 2.30. The normalized spacial score (nSPS) is 16.7. The smallest absolute Gasteiger partial charge is 0.335 e. The molecule has 3 rings (SSSR count). The Balaban J connectivity index is 1.91. The van der Waals surface area contributed by atoms with Crippen molar-refractivity contribution < 1.29 is 19.4 Å². The number of rotatable bonds is 5. The number of amidine groups is 1. The zero-order chi connectivity index (χ0) is 21.1. The Labute approximate surface area is 181 Å². The third-order valence-corrected chi connectivity index (χ3v) is 5.55. The Hall–Kier alpha value is -2.48. The van der Waals surface area contributed by atoms with Crippen LogP contribution in [0, 0.1) is 0 Å². The number of aliphatic imine (C=N–C) groups is 1. The van der Waals surface area contributed by atoms with Gasteiger partial charge in [0, 0.05) is 7.05 Å². The molecule has 0 bridgehead atoms. The van der Waals surface area contributed by atoms with Gasteiger partial charge < -0.3 is 9.84 Å². The molecule has 1 fully saturated rings. The van der Waals surface area contributed by atoms with Crippen molar-refractivity contribution in [2.45, 2.75) is 6.92 Å². The highest BCUT2D eigenvalue weighted by molar-refractivity contribution is 8.18. The largest absolute Gasteiger partial charge is 0.491 e. The standard InChI is InChI=1S/C20H16Cl2N2O4S/c1-3-28-17-14(21)7-11(8-15(17)22)9-16-18(25)24(2)20(29-16)23-13-6-4-5-12(10-13)19(26)27/h4-10H,3H2,1-2H3,(H,26,27). The number of hydrogen-bond donors (Lipinski definition) is 1. The lowest BCUT2D eigenvalue weighted by Gasteiger charge is -2.09. The summed E-state index contributed by atoms with van der Waals surface area (Å²) in [4.78, 5) is 30.0. The third kappa shape index (κ3) is 4.75. The SMILES string of the molecule is CCOc1c(Cl)cc(C=C2SC(=Nc3cccc(C(=O)O)c3)N(C)C2=O)cc1Cl. The maximum atomic E-state index is 12.6. The van der Waals surface area contributed by atoms with Crippen LogP contribution >= 0.6 is 35.0 Å². The number of likely N-dealkylation sites (N-methyl/N-ethyl adjacent to an activating group) is 1. The molecule has 1 aliphatic rings. The highest BCUT2D eigenvalue weighted by Crippen LogP contribution is 2.37. The van der Waals surface area contributed by atoms with E-state index in [1.165, 1.54) is 28.8 Å². The van der Waals surface area contributed by atoms with Crippen LogP contribution in [0.15, 0.2) is 46.3 Å². The summed E-state index contributed by atoms with van der Waals surface area (Å²) in [6.45, 7) is 2.27. The molecule has 1 N–H and O–H groups in total. The first-order valence-electron chi connectivity index (χ1n) is 8.51. The number of carbonyl (C=O) groups excluding carboxylic acids is 1. The molecule has 0 unspecified atom stereocenters. The van der Waals surface area contributed by atoms with Crippen molar-refractivity contribution in [3.8, 4) is 5.75 Å². The first-order valence-corrected chi connectivity index (χ1v) is 10.1. The van der Waals surface area contributed by atoms with Crippen LogP contribution in [0.5, 0.6) is 5.75 Å². The van der Waals surface area contributed by atoms with Crippen molar-refractivity contribution in [3.05, 3.63) is 62.5 Å². The summed E-state index contributed by atoms with van der Waals surface area (Å²) < 4.78 is 5.41. The van der Waals surface area contributed by atoms with Crippen LogP contribution in [0.25, 0.3) is 6.08 Å². The van der Waals surface area contributed by atoms with Crippen molar-refractivity contribution in [1.29, 1.82) is 0 Å². The van der Waals surface area contributed by atoms with E-state index in [2.05, 4.69) is 4.99 Å². The van der Waals surface area contributed by atoms with Crippen molar-refractivity contribution in [2.24, 2.45) is 4.99 Å². The molecule has 1 heterocycles. The lowest BCUT2D eigenvalue weighted by atomic mass is 10.2. The molecule has 0 atom stereocenters. The van der Waals surface area contributed by atoms with Crippen LogP contribution in [0.4, 0.5) is 5.69 Å². The van der Waals surface area contributed by atoms with Crippen molar-refractivity contribution in [1.82, 2.24) is 4.90 Å². The van der Waals surface area contributed by atoms with Gasteiger partial charge in [0.2, 0.25) is 0 Å². The molecule has 1 amide bonds. The minimum Gasteiger partial charge on any atom is -0.491 e. The van der Waals surface area contributed by atoms with E-state index >= 15 is 0 Å². The fourth-order valence-corrected chi connectivity index (χ4v) is 4.17. The minimum atomic E-state index is -1.04. The molecule has 0 saturated carbocycles. The zero-order valence-corrected chi connectivity index (χ0v) is 17.8. The van der Waals surface area contributed by atoms with Gasteiger partial charge in [0.05, 0.1) is 32.8 Å². The average Bonchev–Trinajstić information content (AvgIpc) is 2.93. The topological polar surface area (TPSA) is 79.2 Å². The molecule has 9 heteroatoms. The predicted molar refractivity (Wildman–Crippen MR) is 116 cm³/mol. The Morgan fingerprint density at radius 3 is 2.59 bits per heavy atom. The summed E-state index contributed by atoms with van der Waals surface area (Å²) in [6, 6.07) is 9.54. The number of amides is 1. The van der Waals surface area contributed by atoms with Gasteiger partial charge in [0.25, 0.3) is 5.91 Å². The number of carboxylic acids is 1. The van der Waals surface area contributed by atoms with Gasteiger partial charge in [-0.1, -0.05) is 29.3 Å². The zero-order valence-electron chi connectivity index (χ0n) is 15.5. The van der Waals surface area contributed by atoms with Crippen molar-refractivity contribution in [2.75, 3.05) is 13.7 Å². The van der Waals surface area contributed by atoms with Crippen LogP contribution < -0.4 is 4.74 Å². The van der Waals surface area contributed by atoms with Gasteiger partial charge in [-0.3, -0.25) is 9.69 Å². The molecule has 0 aromatic heterocycles. The second-order valence-electron chi connectivity index (χ2n) is 5.97. The first kappa shape index (κ1) is 21.2. The van der Waals surface area contributed by atoms with E-state index in [1.807, 2.05) is 6.92 Å². The number of aromatic carboxylic acids is 1. The first-order chi connectivity index (χ1) is 13.8. The van der Waals surface area contributed by atoms with Gasteiger partial charge in [-0.25, -0.2) is 9.79 Å². The fraction of sp³-hybridized carbons (Fsp3) is 0.150. The van der Waals surface area contributed by atoms with Crippen LogP contribution in [-0.4, -0.2) is 40.7 Å². The molecule has 150 valence electrons. The van der Waals surface area contributed by atoms with Crippen LogP contribution in [0.1, 0.15) is 22.8 Å². The Morgan fingerprint density at radius 1 is 1.28 bits per heavy atom. The van der Waals surface area contributed by atoms with E-state index in [0.29, 0.717) is 43.7 Å². The third-order valence-electron chi connectivity index (χ3n) is 3.93. The van der Waals surface area contributed by atoms with Gasteiger partial charge in [0.15, 0.2) is 10.9 Å². The molecular weight excluding hydrogens is 435 g/mol. The van der Waals surface area contributed by atoms with E-state index in [4.69, 9.17) is 33.0 Å². The quantitative estimate of drug-likeness (QED) is 0.623. The number of halogens is 2. The van der Waals surface area contributed by atoms with Gasteiger partial charge >= 0.3 is 5.97 Å². The molecule has 0 spiro atoms. The van der Waals surface area contributed by atoms with E-state index < -0.39 is 5.97 Å². The van der Waals surface area contributed by atoms with Gasteiger partial charge in [-0.2, -0.15) is 0 Å². The maximum Gasteiger partial charge on any atom is 0.335 e. The second kappa shape index (κ2) is 8.90. The molecule has 1 aliphatic heterocycles. The van der Waals surface area contributed by atoms with Gasteiger partial charge in [-0.05, 0) is 60.7 Å². The fourth-order valence-electron chi connectivity index (χ4n) is 2.57. The van der Waals surface area contributed by atoms with E-state index in [-0.39, 0.29) is 11.5 Å². The van der Waals surface area contributed by atoms with Crippen LogP contribution in [0.3, 0.4) is 0 Å². The summed E-state index contributed by atoms with van der Waals surface area (Å²) in [5.74, 6) is -0.870. The molecule has 0 aliphatic carbocycles. The van der Waals surface area contributed by atoms with E-state index in [0.717, 1.165) is 0 Å². The van der Waals surface area contributed by atoms with Gasteiger partial charge in [-0.15, -0.1) is 0 Å². The Bertz CT molecular complexity index is 1030. The van der Waals surface area contributed by atoms with Gasteiger partial charge in [0.1, 0.15) is 0 Å². The average molecular weight is 451 g/mol. The molecular formula is C20H16Cl2N2O4S. The molecule has 29 heavy (non-hydrogen) atoms. The summed E-state index contributed by atoms with van der Waals surface area (Å²) in [7, 11) is 1.61. The second-order valence-corrected chi connectivity index (χ2v) is 7.79. The number of nitrogens with zero attached hydrogens (tertiary/aromatic N) is 2.